The monoisotopic (exact) mass is 545 g/mol. The molecule has 2 N–H and O–H groups in total. The average Bonchev–Trinajstić information content (AvgIpc) is 3.68. The van der Waals surface area contributed by atoms with Crippen molar-refractivity contribution in [3.8, 4) is 22.9 Å². The van der Waals surface area contributed by atoms with E-state index in [1.54, 1.807) is 69.0 Å². The van der Waals surface area contributed by atoms with Gasteiger partial charge in [0.15, 0.2) is 11.5 Å². The van der Waals surface area contributed by atoms with Crippen molar-refractivity contribution in [2.45, 2.75) is 25.9 Å². The lowest BCUT2D eigenvalue weighted by molar-refractivity contribution is -0.121. The second-order valence-corrected chi connectivity index (χ2v) is 9.45. The summed E-state index contributed by atoms with van der Waals surface area (Å²) in [5.74, 6) is 2.08. The molecular weight excluding hydrogens is 514 g/mol. The Morgan fingerprint density at radius 2 is 1.93 bits per heavy atom. The zero-order valence-corrected chi connectivity index (χ0v) is 22.4. The van der Waals surface area contributed by atoms with E-state index in [1.807, 2.05) is 6.07 Å². The Bertz CT molecular complexity index is 1450. The number of benzene rings is 2. The van der Waals surface area contributed by atoms with Crippen LogP contribution >= 0.6 is 0 Å². The van der Waals surface area contributed by atoms with Crippen LogP contribution in [0.2, 0.25) is 0 Å². The van der Waals surface area contributed by atoms with Gasteiger partial charge in [-0.15, -0.1) is 0 Å². The van der Waals surface area contributed by atoms with Gasteiger partial charge in [-0.1, -0.05) is 17.3 Å². The van der Waals surface area contributed by atoms with Crippen molar-refractivity contribution in [1.82, 2.24) is 20.4 Å². The van der Waals surface area contributed by atoms with E-state index in [9.17, 15) is 9.59 Å². The van der Waals surface area contributed by atoms with Gasteiger partial charge in [-0.05, 0) is 61.9 Å². The molecule has 0 bridgehead atoms. The molecule has 5 rings (SSSR count). The van der Waals surface area contributed by atoms with E-state index >= 15 is 0 Å². The number of amides is 2. The van der Waals surface area contributed by atoms with Crippen LogP contribution in [0, 0.1) is 5.92 Å². The molecule has 1 aliphatic heterocycles. The van der Waals surface area contributed by atoms with E-state index in [1.165, 1.54) is 0 Å². The fraction of sp³-hybridized carbons (Fsp3) is 0.310. The van der Waals surface area contributed by atoms with Crippen molar-refractivity contribution in [3.63, 3.8) is 0 Å². The van der Waals surface area contributed by atoms with Crippen molar-refractivity contribution in [1.29, 1.82) is 0 Å². The average molecular weight is 546 g/mol. The summed E-state index contributed by atoms with van der Waals surface area (Å²) in [5.41, 5.74) is 1.61. The predicted octanol–water partition coefficient (Wildman–Crippen LogP) is 4.13. The van der Waals surface area contributed by atoms with Gasteiger partial charge in [0.1, 0.15) is 5.76 Å². The Morgan fingerprint density at radius 1 is 1.07 bits per heavy atom. The molecule has 208 valence electrons. The largest absolute Gasteiger partial charge is 0.493 e. The molecule has 1 unspecified atom stereocenters. The van der Waals surface area contributed by atoms with Gasteiger partial charge in [-0.25, -0.2) is 0 Å². The number of nitrogens with one attached hydrogen (secondary N) is 2. The third-order valence-electron chi connectivity index (χ3n) is 6.78. The van der Waals surface area contributed by atoms with Crippen LogP contribution in [-0.2, 0) is 17.9 Å². The van der Waals surface area contributed by atoms with Gasteiger partial charge >= 0.3 is 0 Å². The Morgan fingerprint density at radius 3 is 2.73 bits per heavy atom. The number of anilines is 1. The van der Waals surface area contributed by atoms with Gasteiger partial charge in [0.05, 0.1) is 50.7 Å². The number of hydrogen-bond donors (Lipinski definition) is 2. The van der Waals surface area contributed by atoms with Crippen LogP contribution in [0.3, 0.4) is 0 Å². The lowest BCUT2D eigenvalue weighted by atomic mass is 9.96. The number of piperidine rings is 1. The first-order valence-electron chi connectivity index (χ1n) is 13.0. The quantitative estimate of drug-likeness (QED) is 0.302. The fourth-order valence-corrected chi connectivity index (χ4v) is 4.72. The van der Waals surface area contributed by atoms with Crippen molar-refractivity contribution < 1.29 is 28.0 Å². The first kappa shape index (κ1) is 26.9. The van der Waals surface area contributed by atoms with Gasteiger partial charge in [0.25, 0.3) is 5.91 Å². The van der Waals surface area contributed by atoms with Crippen LogP contribution in [0.1, 0.15) is 34.9 Å². The molecule has 40 heavy (non-hydrogen) atoms. The molecular formula is C29H31N5O6. The van der Waals surface area contributed by atoms with E-state index in [0.717, 1.165) is 24.9 Å². The molecule has 1 saturated heterocycles. The van der Waals surface area contributed by atoms with Crippen molar-refractivity contribution in [2.24, 2.45) is 5.92 Å². The summed E-state index contributed by atoms with van der Waals surface area (Å²) in [5, 5.41) is 9.91. The Kier molecular flexibility index (Phi) is 8.41. The minimum Gasteiger partial charge on any atom is -0.493 e. The summed E-state index contributed by atoms with van der Waals surface area (Å²) >= 11 is 0. The number of carbonyl (C=O) groups is 2. The third-order valence-corrected chi connectivity index (χ3v) is 6.78. The highest BCUT2D eigenvalue weighted by Gasteiger charge is 2.28. The lowest BCUT2D eigenvalue weighted by Gasteiger charge is -2.31. The molecule has 1 fully saturated rings. The number of likely N-dealkylation sites (tertiary alicyclic amines) is 1. The zero-order chi connectivity index (χ0) is 27.9. The maximum atomic E-state index is 13.2. The number of aromatic nitrogens is 2. The standard InChI is InChI=1S/C29H31N5O6/c1-37-24-12-11-19(15-25(24)38-2)27-32-26(40-33-27)18-34-13-5-7-20(17-34)28(35)31-23-10-4-3-9-22(23)29(36)30-16-21-8-6-14-39-21/h3-4,6,8-12,14-15,20H,5,7,13,16-18H2,1-2H3,(H,30,36)(H,31,35). The molecule has 1 atom stereocenters. The fourth-order valence-electron chi connectivity index (χ4n) is 4.72. The van der Waals surface area contributed by atoms with Gasteiger partial charge in [0.2, 0.25) is 17.6 Å². The van der Waals surface area contributed by atoms with Crippen molar-refractivity contribution >= 4 is 17.5 Å². The van der Waals surface area contributed by atoms with E-state index in [0.29, 0.717) is 53.3 Å². The predicted molar refractivity (Wildman–Crippen MR) is 146 cm³/mol. The molecule has 2 aromatic carbocycles. The summed E-state index contributed by atoms with van der Waals surface area (Å²) in [7, 11) is 3.15. The van der Waals surface area contributed by atoms with E-state index < -0.39 is 0 Å². The highest BCUT2D eigenvalue weighted by atomic mass is 16.5. The topological polar surface area (TPSA) is 132 Å². The number of para-hydroxylation sites is 1. The number of carbonyl (C=O) groups excluding carboxylic acids is 2. The molecule has 0 aliphatic carbocycles. The SMILES string of the molecule is COc1ccc(-c2noc(CN3CCCC(C(=O)Nc4ccccc4C(=O)NCc4ccco4)C3)n2)cc1OC. The lowest BCUT2D eigenvalue weighted by Crippen LogP contribution is -2.40. The molecule has 0 spiro atoms. The minimum absolute atomic E-state index is 0.132. The van der Waals surface area contributed by atoms with Crippen LogP contribution < -0.4 is 20.1 Å². The molecule has 3 heterocycles. The van der Waals surface area contributed by atoms with Crippen LogP contribution in [-0.4, -0.2) is 54.2 Å². The number of furan rings is 1. The second-order valence-electron chi connectivity index (χ2n) is 9.45. The molecule has 11 nitrogen and oxygen atoms in total. The summed E-state index contributed by atoms with van der Waals surface area (Å²) < 4.78 is 21.4. The number of ether oxygens (including phenoxy) is 2. The smallest absolute Gasteiger partial charge is 0.253 e. The van der Waals surface area contributed by atoms with E-state index in [2.05, 4.69) is 25.7 Å². The minimum atomic E-state index is -0.292. The Hall–Kier alpha value is -4.64. The molecule has 4 aromatic rings. The maximum absolute atomic E-state index is 13.2. The highest BCUT2D eigenvalue weighted by molar-refractivity contribution is 6.04. The van der Waals surface area contributed by atoms with Crippen molar-refractivity contribution in [3.05, 3.63) is 78.1 Å². The van der Waals surface area contributed by atoms with Crippen molar-refractivity contribution in [2.75, 3.05) is 32.6 Å². The Labute approximate surface area is 231 Å². The number of hydrogen-bond acceptors (Lipinski definition) is 9. The number of rotatable bonds is 10. The van der Waals surface area contributed by atoms with Crippen LogP contribution in [0.4, 0.5) is 5.69 Å². The maximum Gasteiger partial charge on any atom is 0.253 e. The van der Waals surface area contributed by atoms with Gasteiger partial charge in [0, 0.05) is 12.1 Å². The van der Waals surface area contributed by atoms with Gasteiger partial charge in [-0.2, -0.15) is 4.98 Å². The van der Waals surface area contributed by atoms with Crippen LogP contribution in [0.5, 0.6) is 11.5 Å². The zero-order valence-electron chi connectivity index (χ0n) is 22.4. The molecule has 2 amide bonds. The van der Waals surface area contributed by atoms with Gasteiger partial charge in [-0.3, -0.25) is 14.5 Å². The second kappa shape index (κ2) is 12.5. The summed E-state index contributed by atoms with van der Waals surface area (Å²) in [4.78, 5) is 32.7. The molecule has 1 aliphatic rings. The summed E-state index contributed by atoms with van der Waals surface area (Å²) in [6.07, 6.45) is 3.15. The normalized spacial score (nSPS) is 15.4. The molecule has 0 saturated carbocycles. The van der Waals surface area contributed by atoms with E-state index in [-0.39, 0.29) is 24.3 Å². The number of nitrogens with zero attached hydrogens (tertiary/aromatic N) is 3. The summed E-state index contributed by atoms with van der Waals surface area (Å²) in [6.45, 7) is 2.03. The highest BCUT2D eigenvalue weighted by Crippen LogP contribution is 2.31. The van der Waals surface area contributed by atoms with Crippen LogP contribution in [0.25, 0.3) is 11.4 Å². The third kappa shape index (κ3) is 6.32. The van der Waals surface area contributed by atoms with Gasteiger partial charge < -0.3 is 29.0 Å². The molecule has 11 heteroatoms. The summed E-state index contributed by atoms with van der Waals surface area (Å²) in [6, 6.07) is 15.9. The molecule has 0 radical (unpaired) electrons. The number of methoxy groups -OCH3 is 2. The van der Waals surface area contributed by atoms with Crippen LogP contribution in [0.15, 0.2) is 69.8 Å². The first-order chi connectivity index (χ1) is 19.5. The van der Waals surface area contributed by atoms with E-state index in [4.69, 9.17) is 18.4 Å². The Balaban J connectivity index is 1.19. The molecule has 2 aromatic heterocycles. The first-order valence-corrected chi connectivity index (χ1v) is 13.0.